The van der Waals surface area contributed by atoms with Gasteiger partial charge in [0.15, 0.2) is 0 Å². The van der Waals surface area contributed by atoms with Gasteiger partial charge < -0.3 is 10.2 Å². The van der Waals surface area contributed by atoms with Crippen LogP contribution in [0.2, 0.25) is 0 Å². The third-order valence-electron chi connectivity index (χ3n) is 4.45. The highest BCUT2D eigenvalue weighted by molar-refractivity contribution is 5.81. The normalized spacial score (nSPS) is 28.1. The third-order valence-corrected chi connectivity index (χ3v) is 4.45. The molecule has 0 aliphatic carbocycles. The molecule has 1 amide bonds. The van der Waals surface area contributed by atoms with Gasteiger partial charge in [0.25, 0.3) is 0 Å². The van der Waals surface area contributed by atoms with Crippen molar-refractivity contribution in [3.63, 3.8) is 0 Å². The predicted molar refractivity (Wildman–Crippen MR) is 73.5 cm³/mol. The van der Waals surface area contributed by atoms with Crippen LogP contribution in [0.3, 0.4) is 0 Å². The summed E-state index contributed by atoms with van der Waals surface area (Å²) >= 11 is 0. The summed E-state index contributed by atoms with van der Waals surface area (Å²) in [6.45, 7) is 6.06. The van der Waals surface area contributed by atoms with Crippen molar-refractivity contribution in [3.8, 4) is 0 Å². The van der Waals surface area contributed by atoms with Crippen molar-refractivity contribution < 1.29 is 4.79 Å². The van der Waals surface area contributed by atoms with Crippen LogP contribution >= 0.6 is 0 Å². The van der Waals surface area contributed by atoms with Crippen molar-refractivity contribution in [3.05, 3.63) is 0 Å². The summed E-state index contributed by atoms with van der Waals surface area (Å²) in [5, 5.41) is 3.31. The molecule has 2 unspecified atom stereocenters. The van der Waals surface area contributed by atoms with Crippen molar-refractivity contribution in [2.75, 3.05) is 33.2 Å². The van der Waals surface area contributed by atoms with Crippen molar-refractivity contribution in [2.24, 2.45) is 0 Å². The molecule has 2 rings (SSSR count). The van der Waals surface area contributed by atoms with Crippen LogP contribution < -0.4 is 5.32 Å². The molecular weight excluding hydrogens is 226 g/mol. The first-order valence-corrected chi connectivity index (χ1v) is 7.42. The van der Waals surface area contributed by atoms with Crippen LogP contribution in [0.4, 0.5) is 0 Å². The van der Waals surface area contributed by atoms with Crippen LogP contribution in [-0.4, -0.2) is 61.0 Å². The third kappa shape index (κ3) is 3.23. The molecule has 2 saturated heterocycles. The van der Waals surface area contributed by atoms with E-state index in [1.54, 1.807) is 0 Å². The molecule has 0 saturated carbocycles. The lowest BCUT2D eigenvalue weighted by Gasteiger charge is -2.29. The summed E-state index contributed by atoms with van der Waals surface area (Å²) in [6, 6.07) is 0.617. The lowest BCUT2D eigenvalue weighted by Crippen LogP contribution is -2.47. The molecule has 1 N–H and O–H groups in total. The predicted octanol–water partition coefficient (Wildman–Crippen LogP) is 1.07. The monoisotopic (exact) mass is 253 g/mol. The van der Waals surface area contributed by atoms with E-state index in [4.69, 9.17) is 0 Å². The van der Waals surface area contributed by atoms with Crippen LogP contribution in [0.1, 0.15) is 39.0 Å². The maximum atomic E-state index is 12.5. The Bertz CT molecular complexity index is 274. The van der Waals surface area contributed by atoms with Gasteiger partial charge in [-0.2, -0.15) is 0 Å². The molecule has 0 aromatic rings. The maximum Gasteiger partial charge on any atom is 0.239 e. The second-order valence-corrected chi connectivity index (χ2v) is 5.68. The number of rotatable bonds is 3. The van der Waals surface area contributed by atoms with Crippen LogP contribution in [0.5, 0.6) is 0 Å². The minimum atomic E-state index is 0.0569. The molecule has 4 heteroatoms. The summed E-state index contributed by atoms with van der Waals surface area (Å²) in [6.07, 6.45) is 6.08. The summed E-state index contributed by atoms with van der Waals surface area (Å²) in [5.41, 5.74) is 0. The molecule has 0 aromatic carbocycles. The number of carbonyl (C=O) groups excluding carboxylic acids is 1. The zero-order valence-electron chi connectivity index (χ0n) is 11.8. The van der Waals surface area contributed by atoms with E-state index < -0.39 is 0 Å². The molecular formula is C14H27N3O. The van der Waals surface area contributed by atoms with Crippen molar-refractivity contribution in [1.29, 1.82) is 0 Å². The second-order valence-electron chi connectivity index (χ2n) is 5.68. The highest BCUT2D eigenvalue weighted by Gasteiger charge is 2.31. The Morgan fingerprint density at radius 1 is 1.17 bits per heavy atom. The molecule has 18 heavy (non-hydrogen) atoms. The Morgan fingerprint density at radius 3 is 2.39 bits per heavy atom. The second kappa shape index (κ2) is 6.53. The van der Waals surface area contributed by atoms with Gasteiger partial charge in [0.05, 0.1) is 6.04 Å². The number of likely N-dealkylation sites (N-methyl/N-ethyl adjacent to an activating group) is 1. The number of hydrogen-bond acceptors (Lipinski definition) is 3. The first-order valence-electron chi connectivity index (χ1n) is 7.42. The SMILES string of the molecule is CNC1CCN(C(C)C(=O)N2CCCCCC2)C1. The number of hydrogen-bond donors (Lipinski definition) is 1. The molecule has 2 heterocycles. The fourth-order valence-electron chi connectivity index (χ4n) is 3.09. The van der Waals surface area contributed by atoms with Gasteiger partial charge in [-0.1, -0.05) is 12.8 Å². The van der Waals surface area contributed by atoms with Gasteiger partial charge in [-0.15, -0.1) is 0 Å². The van der Waals surface area contributed by atoms with Gasteiger partial charge in [0.2, 0.25) is 5.91 Å². The van der Waals surface area contributed by atoms with Gasteiger partial charge in [0.1, 0.15) is 0 Å². The number of amides is 1. The fraction of sp³-hybridized carbons (Fsp3) is 0.929. The first kappa shape index (κ1) is 13.8. The lowest BCUT2D eigenvalue weighted by atomic mass is 10.2. The highest BCUT2D eigenvalue weighted by atomic mass is 16.2. The topological polar surface area (TPSA) is 35.6 Å². The molecule has 104 valence electrons. The molecule has 0 spiro atoms. The molecule has 2 fully saturated rings. The first-order chi connectivity index (χ1) is 8.72. The molecule has 0 bridgehead atoms. The summed E-state index contributed by atoms with van der Waals surface area (Å²) in [4.78, 5) is 16.9. The van der Waals surface area contributed by atoms with Gasteiger partial charge in [-0.3, -0.25) is 9.69 Å². The van der Waals surface area contributed by atoms with E-state index in [-0.39, 0.29) is 6.04 Å². The Labute approximate surface area is 111 Å². The van der Waals surface area contributed by atoms with E-state index in [1.165, 1.54) is 25.7 Å². The van der Waals surface area contributed by atoms with Crippen molar-refractivity contribution in [1.82, 2.24) is 15.1 Å². The van der Waals surface area contributed by atoms with Crippen molar-refractivity contribution in [2.45, 2.75) is 51.1 Å². The lowest BCUT2D eigenvalue weighted by molar-refractivity contribution is -0.136. The largest absolute Gasteiger partial charge is 0.341 e. The fourth-order valence-corrected chi connectivity index (χ4v) is 3.09. The van der Waals surface area contributed by atoms with E-state index in [0.717, 1.165) is 32.6 Å². The summed E-state index contributed by atoms with van der Waals surface area (Å²) < 4.78 is 0. The maximum absolute atomic E-state index is 12.5. The number of likely N-dealkylation sites (tertiary alicyclic amines) is 2. The van der Waals surface area contributed by atoms with Gasteiger partial charge in [-0.05, 0) is 33.2 Å². The van der Waals surface area contributed by atoms with E-state index in [9.17, 15) is 4.79 Å². The zero-order valence-corrected chi connectivity index (χ0v) is 11.8. The summed E-state index contributed by atoms with van der Waals surface area (Å²) in [7, 11) is 2.01. The highest BCUT2D eigenvalue weighted by Crippen LogP contribution is 2.16. The molecule has 2 atom stereocenters. The van der Waals surface area contributed by atoms with Gasteiger partial charge >= 0.3 is 0 Å². The smallest absolute Gasteiger partial charge is 0.239 e. The Hall–Kier alpha value is -0.610. The van der Waals surface area contributed by atoms with Crippen LogP contribution in [0.15, 0.2) is 0 Å². The van der Waals surface area contributed by atoms with Crippen molar-refractivity contribution >= 4 is 5.91 Å². The van der Waals surface area contributed by atoms with Crippen LogP contribution in [0.25, 0.3) is 0 Å². The van der Waals surface area contributed by atoms with E-state index in [1.807, 2.05) is 7.05 Å². The average molecular weight is 253 g/mol. The van der Waals surface area contributed by atoms with Crippen LogP contribution in [-0.2, 0) is 4.79 Å². The van der Waals surface area contributed by atoms with Crippen LogP contribution in [0, 0.1) is 0 Å². The minimum absolute atomic E-state index is 0.0569. The standard InChI is InChI=1S/C14H27N3O/c1-12(17-10-7-13(11-17)15-2)14(18)16-8-5-3-4-6-9-16/h12-13,15H,3-11H2,1-2H3. The number of carbonyl (C=O) groups is 1. The molecule has 0 radical (unpaired) electrons. The Morgan fingerprint density at radius 2 is 1.83 bits per heavy atom. The molecule has 2 aliphatic rings. The van der Waals surface area contributed by atoms with E-state index in [0.29, 0.717) is 11.9 Å². The molecule has 0 aromatic heterocycles. The molecule has 4 nitrogen and oxygen atoms in total. The Balaban J connectivity index is 1.87. The number of nitrogens with zero attached hydrogens (tertiary/aromatic N) is 2. The average Bonchev–Trinajstić information content (AvgIpc) is 2.71. The zero-order chi connectivity index (χ0) is 13.0. The van der Waals surface area contributed by atoms with E-state index in [2.05, 4.69) is 22.0 Å². The Kier molecular flexibility index (Phi) is 5.01. The minimum Gasteiger partial charge on any atom is -0.341 e. The quantitative estimate of drug-likeness (QED) is 0.817. The van der Waals surface area contributed by atoms with Gasteiger partial charge in [0, 0.05) is 32.2 Å². The van der Waals surface area contributed by atoms with E-state index >= 15 is 0 Å². The molecule has 2 aliphatic heterocycles. The van der Waals surface area contributed by atoms with Gasteiger partial charge in [-0.25, -0.2) is 0 Å². The number of nitrogens with one attached hydrogen (secondary N) is 1. The summed E-state index contributed by atoms with van der Waals surface area (Å²) in [5.74, 6) is 0.341.